The molecule has 97 heavy (non-hydrogen) atoms. The Kier molecular flexibility index (Phi) is 80.2. The molecule has 0 saturated carbocycles. The summed E-state index contributed by atoms with van der Waals surface area (Å²) in [5, 5.41) is 0. The minimum atomic E-state index is -4.40. The lowest BCUT2D eigenvalue weighted by Gasteiger charge is -2.19. The fraction of sp³-hybridized carbons (Fsp3) is 0.839. The summed E-state index contributed by atoms with van der Waals surface area (Å²) in [5.41, 5.74) is 5.42. The summed E-state index contributed by atoms with van der Waals surface area (Å²) in [4.78, 5) is 35.5. The van der Waals surface area contributed by atoms with Gasteiger partial charge in [-0.3, -0.25) is 18.6 Å². The predicted molar refractivity (Wildman–Crippen MR) is 423 cm³/mol. The van der Waals surface area contributed by atoms with Gasteiger partial charge >= 0.3 is 19.8 Å². The van der Waals surface area contributed by atoms with Crippen LogP contribution in [0.4, 0.5) is 0 Å². The topological polar surface area (TPSA) is 134 Å². The Labute approximate surface area is 602 Å². The van der Waals surface area contributed by atoms with Gasteiger partial charge in [0.25, 0.3) is 0 Å². The van der Waals surface area contributed by atoms with Crippen LogP contribution in [0.25, 0.3) is 0 Å². The van der Waals surface area contributed by atoms with E-state index in [1.807, 2.05) is 0 Å². The molecule has 0 fully saturated rings. The summed E-state index contributed by atoms with van der Waals surface area (Å²) in [6, 6.07) is 0. The number of carbonyl (C=O) groups is 2. The minimum Gasteiger partial charge on any atom is -0.462 e. The summed E-state index contributed by atoms with van der Waals surface area (Å²) < 4.78 is 33.3. The van der Waals surface area contributed by atoms with E-state index in [0.717, 1.165) is 64.2 Å². The van der Waals surface area contributed by atoms with E-state index in [1.165, 1.54) is 340 Å². The zero-order valence-electron chi connectivity index (χ0n) is 64.3. The Balaban J connectivity index is 3.72. The third-order valence-corrected chi connectivity index (χ3v) is 20.1. The number of phosphoric acid groups is 1. The number of allylic oxidation sites excluding steroid dienone is 12. The Hall–Kier alpha value is -2.55. The minimum absolute atomic E-state index is 0.0556. The lowest BCUT2D eigenvalue weighted by molar-refractivity contribution is -0.161. The molecular formula is C87H162NO8P. The van der Waals surface area contributed by atoms with Crippen molar-refractivity contribution in [2.24, 2.45) is 5.73 Å². The highest BCUT2D eigenvalue weighted by molar-refractivity contribution is 7.47. The Morgan fingerprint density at radius 2 is 0.567 bits per heavy atom. The molecular weight excluding hydrogens is 1220 g/mol. The van der Waals surface area contributed by atoms with Gasteiger partial charge in [-0.15, -0.1) is 0 Å². The number of esters is 2. The molecule has 0 bridgehead atoms. The highest BCUT2D eigenvalue weighted by Gasteiger charge is 2.26. The van der Waals surface area contributed by atoms with E-state index in [0.29, 0.717) is 6.42 Å². The molecule has 0 aromatic heterocycles. The van der Waals surface area contributed by atoms with Crippen molar-refractivity contribution in [1.82, 2.24) is 0 Å². The Morgan fingerprint density at radius 3 is 0.845 bits per heavy atom. The van der Waals surface area contributed by atoms with Crippen LogP contribution in [0.1, 0.15) is 438 Å². The zero-order valence-corrected chi connectivity index (χ0v) is 65.2. The number of nitrogens with two attached hydrogens (primary N) is 1. The molecule has 0 saturated heterocycles. The van der Waals surface area contributed by atoms with Crippen LogP contribution in [-0.4, -0.2) is 49.3 Å². The van der Waals surface area contributed by atoms with E-state index in [2.05, 4.69) is 86.8 Å². The summed E-state index contributed by atoms with van der Waals surface area (Å²) in [6.07, 6.45) is 111. The van der Waals surface area contributed by atoms with Crippen molar-refractivity contribution in [3.63, 3.8) is 0 Å². The van der Waals surface area contributed by atoms with Crippen LogP contribution in [0, 0.1) is 0 Å². The van der Waals surface area contributed by atoms with E-state index in [9.17, 15) is 19.0 Å². The molecule has 9 nitrogen and oxygen atoms in total. The number of ether oxygens (including phenoxy) is 2. The number of hydrogen-bond acceptors (Lipinski definition) is 8. The lowest BCUT2D eigenvalue weighted by atomic mass is 10.0. The molecule has 10 heteroatoms. The van der Waals surface area contributed by atoms with Gasteiger partial charge in [0.15, 0.2) is 6.10 Å². The number of carbonyl (C=O) groups excluding carboxylic acids is 2. The van der Waals surface area contributed by atoms with Crippen LogP contribution in [0.5, 0.6) is 0 Å². The van der Waals surface area contributed by atoms with E-state index in [4.69, 9.17) is 24.3 Å². The van der Waals surface area contributed by atoms with Crippen LogP contribution in [0.3, 0.4) is 0 Å². The van der Waals surface area contributed by atoms with Crippen LogP contribution in [0.2, 0.25) is 0 Å². The van der Waals surface area contributed by atoms with Gasteiger partial charge in [0.2, 0.25) is 0 Å². The maximum atomic E-state index is 12.8. The van der Waals surface area contributed by atoms with Gasteiger partial charge < -0.3 is 20.1 Å². The second-order valence-electron chi connectivity index (χ2n) is 28.7. The first kappa shape index (κ1) is 94.5. The molecule has 2 unspecified atom stereocenters. The van der Waals surface area contributed by atoms with E-state index in [-0.39, 0.29) is 38.6 Å². The van der Waals surface area contributed by atoms with Crippen molar-refractivity contribution in [2.75, 3.05) is 26.4 Å². The average Bonchev–Trinajstić information content (AvgIpc) is 2.57. The lowest BCUT2D eigenvalue weighted by Crippen LogP contribution is -2.29. The van der Waals surface area contributed by atoms with E-state index < -0.39 is 26.5 Å². The summed E-state index contributed by atoms with van der Waals surface area (Å²) in [5.74, 6) is -0.801. The third kappa shape index (κ3) is 82.3. The zero-order chi connectivity index (χ0) is 70.0. The second kappa shape index (κ2) is 82.4. The van der Waals surface area contributed by atoms with Crippen LogP contribution in [-0.2, 0) is 32.7 Å². The number of unbranched alkanes of at least 4 members (excludes halogenated alkanes) is 56. The van der Waals surface area contributed by atoms with Crippen molar-refractivity contribution in [3.05, 3.63) is 72.9 Å². The van der Waals surface area contributed by atoms with Crippen LogP contribution < -0.4 is 5.73 Å². The van der Waals surface area contributed by atoms with Crippen molar-refractivity contribution < 1.29 is 37.6 Å². The van der Waals surface area contributed by atoms with Crippen molar-refractivity contribution in [2.45, 2.75) is 444 Å². The third-order valence-electron chi connectivity index (χ3n) is 19.1. The molecule has 0 aliphatic rings. The molecule has 0 rings (SSSR count). The van der Waals surface area contributed by atoms with Crippen molar-refractivity contribution in [3.8, 4) is 0 Å². The smallest absolute Gasteiger partial charge is 0.462 e. The van der Waals surface area contributed by atoms with Gasteiger partial charge in [0.1, 0.15) is 6.61 Å². The summed E-state index contributed by atoms with van der Waals surface area (Å²) in [7, 11) is -4.40. The largest absolute Gasteiger partial charge is 0.472 e. The fourth-order valence-corrected chi connectivity index (χ4v) is 13.6. The van der Waals surface area contributed by atoms with Crippen LogP contribution in [0.15, 0.2) is 72.9 Å². The molecule has 568 valence electrons. The molecule has 0 aromatic carbocycles. The van der Waals surface area contributed by atoms with Gasteiger partial charge in [-0.1, -0.05) is 414 Å². The number of hydrogen-bond donors (Lipinski definition) is 2. The Bertz CT molecular complexity index is 1830. The molecule has 0 aliphatic heterocycles. The molecule has 2 atom stereocenters. The first-order valence-electron chi connectivity index (χ1n) is 42.4. The molecule has 0 radical (unpaired) electrons. The predicted octanol–water partition coefficient (Wildman–Crippen LogP) is 28.7. The van der Waals surface area contributed by atoms with Gasteiger partial charge in [-0.05, 0) is 83.5 Å². The van der Waals surface area contributed by atoms with E-state index >= 15 is 0 Å². The standard InChI is InChI=1S/C87H162NO8P/c1-3-5-7-9-11-13-15-17-19-21-23-25-27-29-31-33-35-37-39-40-41-42-43-44-46-48-50-52-54-56-58-60-62-64-66-68-70-72-74-76-78-80-87(90)96-85(84-95-97(91,92)94-82-81-88)83-93-86(89)79-77-75-73-71-69-67-65-63-61-59-57-55-53-51-49-47-45-38-36-34-32-30-28-26-24-22-20-18-16-14-12-10-8-6-4-2/h5,7,11,13,16-19,22-25,85H,3-4,6,8-10,12,14-15,20-21,26-84,88H2,1-2H3,(H,91,92)/b7-5-,13-11-,18-16-,19-17-,24-22-,25-23-. The van der Waals surface area contributed by atoms with Crippen molar-refractivity contribution >= 4 is 19.8 Å². The number of rotatable bonds is 81. The summed E-state index contributed by atoms with van der Waals surface area (Å²) >= 11 is 0. The Morgan fingerprint density at radius 1 is 0.320 bits per heavy atom. The van der Waals surface area contributed by atoms with Gasteiger partial charge in [-0.25, -0.2) is 4.57 Å². The quantitative estimate of drug-likeness (QED) is 0.0264. The first-order valence-corrected chi connectivity index (χ1v) is 43.9. The highest BCUT2D eigenvalue weighted by Crippen LogP contribution is 2.43. The highest BCUT2D eigenvalue weighted by atomic mass is 31.2. The molecule has 0 heterocycles. The molecule has 0 aromatic rings. The van der Waals surface area contributed by atoms with Gasteiger partial charge in [-0.2, -0.15) is 0 Å². The maximum absolute atomic E-state index is 12.8. The molecule has 0 amide bonds. The van der Waals surface area contributed by atoms with Gasteiger partial charge in [0, 0.05) is 19.4 Å². The SMILES string of the molecule is CC/C=C\C/C=C\C/C=C\C/C=C\CCCCCCCCCCCCCCCCCCCCCCCCCCCCCCC(=O)OC(COC(=O)CCCCCCCCCCCCCCCCCCCCCCCCC/C=C\C/C=C\CCCCCCC)COP(=O)(O)OCCN. The van der Waals surface area contributed by atoms with Crippen LogP contribution >= 0.6 is 7.82 Å². The monoisotopic (exact) mass is 1380 g/mol. The van der Waals surface area contributed by atoms with Crippen molar-refractivity contribution in [1.29, 1.82) is 0 Å². The molecule has 0 aliphatic carbocycles. The number of phosphoric ester groups is 1. The maximum Gasteiger partial charge on any atom is 0.472 e. The average molecular weight is 1380 g/mol. The summed E-state index contributed by atoms with van der Waals surface area (Å²) in [6.45, 7) is 3.70. The normalized spacial score (nSPS) is 13.2. The molecule has 3 N–H and O–H groups in total. The fourth-order valence-electron chi connectivity index (χ4n) is 12.8. The van der Waals surface area contributed by atoms with Gasteiger partial charge in [0.05, 0.1) is 13.2 Å². The second-order valence-corrected chi connectivity index (χ2v) is 30.1. The molecule has 0 spiro atoms. The first-order chi connectivity index (χ1) is 47.8. The van der Waals surface area contributed by atoms with E-state index in [1.54, 1.807) is 0 Å².